The molecule has 7 heteroatoms. The van der Waals surface area contributed by atoms with Gasteiger partial charge in [-0.15, -0.1) is 0 Å². The fourth-order valence-corrected chi connectivity index (χ4v) is 0.329. The zero-order chi connectivity index (χ0) is 5.54. The van der Waals surface area contributed by atoms with Crippen molar-refractivity contribution in [1.29, 1.82) is 0 Å². The summed E-state index contributed by atoms with van der Waals surface area (Å²) in [6, 6.07) is 0. The van der Waals surface area contributed by atoms with Gasteiger partial charge < -0.3 is 22.3 Å². The largest absolute Gasteiger partial charge is 0.412 e. The van der Waals surface area contributed by atoms with Crippen molar-refractivity contribution in [3.05, 3.63) is 0 Å². The molecular weight excluding hydrogens is 392 g/mol. The van der Waals surface area contributed by atoms with Crippen molar-refractivity contribution in [3.8, 4) is 0 Å². The summed E-state index contributed by atoms with van der Waals surface area (Å²) >= 11 is 0. The van der Waals surface area contributed by atoms with Gasteiger partial charge in [0.05, 0.1) is 0 Å². The standard InChI is InChI=1S/C4H13N3.H2O.2V.W/c5-1-3-7-4-2-6;;;;/h7H,1-6H2;1H2;;;. The average molecular weight is 407 g/mol. The van der Waals surface area contributed by atoms with Crippen LogP contribution in [-0.2, 0) is 58.2 Å². The zero-order valence-corrected chi connectivity index (χ0v) is 12.0. The molecule has 0 spiro atoms. The topological polar surface area (TPSA) is 95.6 Å². The van der Waals surface area contributed by atoms with Crippen molar-refractivity contribution >= 4 is 0 Å². The fourth-order valence-electron chi connectivity index (χ4n) is 0.329. The smallest absolute Gasteiger partial charge is 0.00750 e. The first-order valence-corrected chi connectivity index (χ1v) is 2.52. The molecule has 0 saturated carbocycles. The Bertz CT molecular complexity index is 42.5. The van der Waals surface area contributed by atoms with Crippen LogP contribution in [0, 0.1) is 0 Å². The predicted octanol–water partition coefficient (Wildman–Crippen LogP) is -2.34. The quantitative estimate of drug-likeness (QED) is 0.457. The van der Waals surface area contributed by atoms with Crippen molar-refractivity contribution in [3.63, 3.8) is 0 Å². The van der Waals surface area contributed by atoms with Crippen LogP contribution in [-0.4, -0.2) is 31.7 Å². The van der Waals surface area contributed by atoms with Gasteiger partial charge in [-0.25, -0.2) is 0 Å². The molecule has 0 atom stereocenters. The van der Waals surface area contributed by atoms with E-state index in [0.29, 0.717) is 13.1 Å². The second-order valence-corrected chi connectivity index (χ2v) is 1.33. The maximum absolute atomic E-state index is 5.17. The van der Waals surface area contributed by atoms with Crippen molar-refractivity contribution in [2.75, 3.05) is 26.2 Å². The van der Waals surface area contributed by atoms with E-state index < -0.39 is 0 Å². The van der Waals surface area contributed by atoms with Crippen LogP contribution in [0.3, 0.4) is 0 Å². The van der Waals surface area contributed by atoms with E-state index in [1.165, 1.54) is 0 Å². The molecule has 0 heterocycles. The van der Waals surface area contributed by atoms with Crippen LogP contribution >= 0.6 is 0 Å². The molecule has 0 unspecified atom stereocenters. The molecule has 2 radical (unpaired) electrons. The van der Waals surface area contributed by atoms with Gasteiger partial charge in [0.2, 0.25) is 0 Å². The summed E-state index contributed by atoms with van der Waals surface area (Å²) in [5, 5.41) is 3.03. The minimum Gasteiger partial charge on any atom is -0.412 e. The molecule has 0 saturated heterocycles. The van der Waals surface area contributed by atoms with Gasteiger partial charge in [-0.2, -0.15) is 0 Å². The summed E-state index contributed by atoms with van der Waals surface area (Å²) < 4.78 is 0. The van der Waals surface area contributed by atoms with Crippen molar-refractivity contribution in [2.45, 2.75) is 0 Å². The summed E-state index contributed by atoms with van der Waals surface area (Å²) in [6.45, 7) is 3.13. The molecule has 0 aromatic rings. The van der Waals surface area contributed by atoms with Gasteiger partial charge in [0.25, 0.3) is 0 Å². The van der Waals surface area contributed by atoms with Crippen LogP contribution in [0.4, 0.5) is 0 Å². The molecule has 0 aromatic heterocycles. The molecule has 0 aliphatic rings. The van der Waals surface area contributed by atoms with Crippen molar-refractivity contribution < 1.29 is 63.7 Å². The zero-order valence-electron chi connectivity index (χ0n) is 6.29. The second kappa shape index (κ2) is 29.8. The number of nitrogens with two attached hydrogens (primary N) is 2. The maximum atomic E-state index is 5.17. The summed E-state index contributed by atoms with van der Waals surface area (Å²) in [5.41, 5.74) is 10.3. The summed E-state index contributed by atoms with van der Waals surface area (Å²) in [5.74, 6) is 0. The third-order valence-corrected chi connectivity index (χ3v) is 0.642. The molecule has 0 aliphatic carbocycles. The van der Waals surface area contributed by atoms with Crippen molar-refractivity contribution in [2.24, 2.45) is 11.5 Å². The summed E-state index contributed by atoms with van der Waals surface area (Å²) in [4.78, 5) is 0. The first-order valence-electron chi connectivity index (χ1n) is 2.52. The Labute approximate surface area is 106 Å². The van der Waals surface area contributed by atoms with E-state index in [-0.39, 0.29) is 63.7 Å². The molecule has 0 amide bonds. The summed E-state index contributed by atoms with van der Waals surface area (Å²) in [7, 11) is 0. The second-order valence-electron chi connectivity index (χ2n) is 1.33. The predicted molar refractivity (Wildman–Crippen MR) is 34.6 cm³/mol. The SMILES string of the molecule is NCCNCCN.O.[V].[V].[W]. The van der Waals surface area contributed by atoms with E-state index in [2.05, 4.69) is 5.32 Å². The first-order chi connectivity index (χ1) is 3.41. The summed E-state index contributed by atoms with van der Waals surface area (Å²) in [6.07, 6.45) is 0. The Hall–Kier alpha value is 1.70. The van der Waals surface area contributed by atoms with Crippen LogP contribution in [0.5, 0.6) is 0 Å². The molecule has 68 valence electrons. The normalized spacial score (nSPS) is 6.00. The van der Waals surface area contributed by atoms with Gasteiger partial charge in [0.15, 0.2) is 0 Å². The van der Waals surface area contributed by atoms with Gasteiger partial charge in [0.1, 0.15) is 0 Å². The monoisotopic (exact) mass is 407 g/mol. The Kier molecular flexibility index (Phi) is 79.6. The third-order valence-electron chi connectivity index (χ3n) is 0.642. The van der Waals surface area contributed by atoms with Crippen molar-refractivity contribution in [1.82, 2.24) is 5.32 Å². The Morgan fingerprint density at radius 3 is 1.36 bits per heavy atom. The number of hydrogen-bond acceptors (Lipinski definition) is 3. The maximum Gasteiger partial charge on any atom is 0.00750 e. The molecule has 11 heavy (non-hydrogen) atoms. The molecule has 0 aromatic carbocycles. The van der Waals surface area contributed by atoms with E-state index in [1.54, 1.807) is 0 Å². The van der Waals surface area contributed by atoms with E-state index in [1.807, 2.05) is 0 Å². The molecule has 0 fully saturated rings. The fraction of sp³-hybridized carbons (Fsp3) is 1.00. The molecule has 0 rings (SSSR count). The number of rotatable bonds is 4. The molecule has 7 N–H and O–H groups in total. The number of hydrogen-bond donors (Lipinski definition) is 3. The van der Waals surface area contributed by atoms with Crippen LogP contribution in [0.15, 0.2) is 0 Å². The van der Waals surface area contributed by atoms with E-state index in [4.69, 9.17) is 11.5 Å². The van der Waals surface area contributed by atoms with E-state index in [9.17, 15) is 0 Å². The van der Waals surface area contributed by atoms with E-state index in [0.717, 1.165) is 13.1 Å². The first kappa shape index (κ1) is 29.3. The Morgan fingerprint density at radius 2 is 1.18 bits per heavy atom. The molecule has 0 aliphatic heterocycles. The minimum absolute atomic E-state index is 0. The van der Waals surface area contributed by atoms with Crippen LogP contribution in [0.25, 0.3) is 0 Å². The van der Waals surface area contributed by atoms with Gasteiger partial charge in [-0.1, -0.05) is 0 Å². The third kappa shape index (κ3) is 33.9. The van der Waals surface area contributed by atoms with Crippen LogP contribution in [0.1, 0.15) is 0 Å². The van der Waals surface area contributed by atoms with Crippen LogP contribution < -0.4 is 16.8 Å². The minimum atomic E-state index is 0. The van der Waals surface area contributed by atoms with Gasteiger partial charge in [0, 0.05) is 84.4 Å². The molecular formula is C4H15N3OV2W. The Morgan fingerprint density at radius 1 is 0.909 bits per heavy atom. The average Bonchev–Trinajstić information content (AvgIpc) is 1.69. The van der Waals surface area contributed by atoms with Gasteiger partial charge >= 0.3 is 0 Å². The molecule has 0 bridgehead atoms. The number of nitrogens with one attached hydrogen (secondary N) is 1. The van der Waals surface area contributed by atoms with E-state index >= 15 is 0 Å². The molecule has 4 nitrogen and oxygen atoms in total. The Balaban J connectivity index is -0.0000000300. The van der Waals surface area contributed by atoms with Crippen LogP contribution in [0.2, 0.25) is 0 Å². The van der Waals surface area contributed by atoms with Gasteiger partial charge in [-0.05, 0) is 0 Å². The van der Waals surface area contributed by atoms with Gasteiger partial charge in [-0.3, -0.25) is 0 Å².